The first-order chi connectivity index (χ1) is 11.0. The zero-order valence-electron chi connectivity index (χ0n) is 14.6. The van der Waals surface area contributed by atoms with Crippen molar-refractivity contribution >= 4 is 11.6 Å². The molecule has 1 amide bonds. The van der Waals surface area contributed by atoms with Crippen LogP contribution in [0.5, 0.6) is 0 Å². The Kier molecular flexibility index (Phi) is 6.60. The molecule has 1 saturated heterocycles. The molecule has 0 bridgehead atoms. The van der Waals surface area contributed by atoms with E-state index in [0.717, 1.165) is 49.1 Å². The summed E-state index contributed by atoms with van der Waals surface area (Å²) in [6, 6.07) is 7.52. The second-order valence-corrected chi connectivity index (χ2v) is 7.03. The van der Waals surface area contributed by atoms with Gasteiger partial charge in [0.15, 0.2) is 0 Å². The molecule has 0 spiro atoms. The molecule has 1 aromatic rings. The number of hydrogen-bond acceptors (Lipinski definition) is 3. The maximum Gasteiger partial charge on any atom is 0.224 e. The number of aliphatic hydroxyl groups excluding tert-OH is 1. The van der Waals surface area contributed by atoms with Crippen molar-refractivity contribution in [2.24, 2.45) is 11.8 Å². The predicted octanol–water partition coefficient (Wildman–Crippen LogP) is 3.44. The van der Waals surface area contributed by atoms with E-state index in [0.29, 0.717) is 6.42 Å². The zero-order valence-corrected chi connectivity index (χ0v) is 14.6. The van der Waals surface area contributed by atoms with Crippen LogP contribution in [0.2, 0.25) is 0 Å². The van der Waals surface area contributed by atoms with Gasteiger partial charge in [0.1, 0.15) is 0 Å². The number of rotatable bonds is 6. The number of amides is 1. The standard InChI is InChI=1S/C19H30N2O2/c1-4-19(23)20-17-7-5-16(6-8-17)18(22)9-10-21-12-14(2)11-15(3)13-21/h5-8,14-15,18,22H,4,9-13H2,1-3H3,(H,20,23). The van der Waals surface area contributed by atoms with Crippen molar-refractivity contribution in [3.8, 4) is 0 Å². The second kappa shape index (κ2) is 8.46. The Bertz CT molecular complexity index is 491. The summed E-state index contributed by atoms with van der Waals surface area (Å²) < 4.78 is 0. The first kappa shape index (κ1) is 18.0. The van der Waals surface area contributed by atoms with E-state index in [1.54, 1.807) is 0 Å². The molecule has 0 aromatic heterocycles. The zero-order chi connectivity index (χ0) is 16.8. The average Bonchev–Trinajstić information content (AvgIpc) is 2.52. The van der Waals surface area contributed by atoms with Gasteiger partial charge in [0.2, 0.25) is 5.91 Å². The van der Waals surface area contributed by atoms with Crippen LogP contribution in [0.4, 0.5) is 5.69 Å². The molecule has 2 rings (SSSR count). The monoisotopic (exact) mass is 318 g/mol. The molecule has 3 unspecified atom stereocenters. The smallest absolute Gasteiger partial charge is 0.224 e. The molecule has 128 valence electrons. The number of aliphatic hydroxyl groups is 1. The highest BCUT2D eigenvalue weighted by Crippen LogP contribution is 2.24. The van der Waals surface area contributed by atoms with Crippen LogP contribution in [0, 0.1) is 11.8 Å². The van der Waals surface area contributed by atoms with Crippen molar-refractivity contribution in [1.29, 1.82) is 0 Å². The quantitative estimate of drug-likeness (QED) is 0.845. The van der Waals surface area contributed by atoms with E-state index in [-0.39, 0.29) is 5.91 Å². The summed E-state index contributed by atoms with van der Waals surface area (Å²) in [6.07, 6.45) is 2.08. The van der Waals surface area contributed by atoms with E-state index >= 15 is 0 Å². The molecule has 1 aromatic carbocycles. The van der Waals surface area contributed by atoms with E-state index in [1.807, 2.05) is 31.2 Å². The molecule has 1 heterocycles. The molecule has 4 nitrogen and oxygen atoms in total. The van der Waals surface area contributed by atoms with Gasteiger partial charge < -0.3 is 15.3 Å². The van der Waals surface area contributed by atoms with Gasteiger partial charge in [0.05, 0.1) is 6.10 Å². The first-order valence-corrected chi connectivity index (χ1v) is 8.78. The molecule has 23 heavy (non-hydrogen) atoms. The van der Waals surface area contributed by atoms with Crippen molar-refractivity contribution in [2.45, 2.75) is 46.1 Å². The fourth-order valence-corrected chi connectivity index (χ4v) is 3.48. The van der Waals surface area contributed by atoms with Crippen LogP contribution >= 0.6 is 0 Å². The summed E-state index contributed by atoms with van der Waals surface area (Å²) in [7, 11) is 0. The van der Waals surface area contributed by atoms with Gasteiger partial charge in [-0.05, 0) is 42.4 Å². The first-order valence-electron chi connectivity index (χ1n) is 8.78. The summed E-state index contributed by atoms with van der Waals surface area (Å²) in [5.41, 5.74) is 1.70. The molecule has 3 atom stereocenters. The number of anilines is 1. The molecular weight excluding hydrogens is 288 g/mol. The highest BCUT2D eigenvalue weighted by atomic mass is 16.3. The van der Waals surface area contributed by atoms with E-state index in [2.05, 4.69) is 24.1 Å². The van der Waals surface area contributed by atoms with Crippen LogP contribution in [0.25, 0.3) is 0 Å². The fourth-order valence-electron chi connectivity index (χ4n) is 3.48. The molecule has 4 heteroatoms. The predicted molar refractivity (Wildman–Crippen MR) is 94.3 cm³/mol. The number of piperidine rings is 1. The van der Waals surface area contributed by atoms with Crippen LogP contribution in [-0.2, 0) is 4.79 Å². The van der Waals surface area contributed by atoms with Gasteiger partial charge in [0.25, 0.3) is 0 Å². The third-order valence-electron chi connectivity index (χ3n) is 4.56. The SMILES string of the molecule is CCC(=O)Nc1ccc(C(O)CCN2CC(C)CC(C)C2)cc1. The average molecular weight is 318 g/mol. The Morgan fingerprint density at radius 3 is 2.43 bits per heavy atom. The van der Waals surface area contributed by atoms with Crippen molar-refractivity contribution in [3.05, 3.63) is 29.8 Å². The minimum absolute atomic E-state index is 0.00615. The van der Waals surface area contributed by atoms with E-state index in [1.165, 1.54) is 6.42 Å². The molecule has 0 radical (unpaired) electrons. The lowest BCUT2D eigenvalue weighted by molar-refractivity contribution is -0.115. The van der Waals surface area contributed by atoms with E-state index < -0.39 is 6.10 Å². The summed E-state index contributed by atoms with van der Waals surface area (Å²) in [4.78, 5) is 13.8. The van der Waals surface area contributed by atoms with Crippen molar-refractivity contribution < 1.29 is 9.90 Å². The number of benzene rings is 1. The lowest BCUT2D eigenvalue weighted by atomic mass is 9.91. The highest BCUT2D eigenvalue weighted by Gasteiger charge is 2.22. The molecule has 2 N–H and O–H groups in total. The Morgan fingerprint density at radius 1 is 1.26 bits per heavy atom. The van der Waals surface area contributed by atoms with Crippen molar-refractivity contribution in [1.82, 2.24) is 4.90 Å². The third kappa shape index (κ3) is 5.63. The van der Waals surface area contributed by atoms with E-state index in [4.69, 9.17) is 0 Å². The summed E-state index contributed by atoms with van der Waals surface area (Å²) in [5, 5.41) is 13.2. The largest absolute Gasteiger partial charge is 0.388 e. The van der Waals surface area contributed by atoms with Gasteiger partial charge in [0, 0.05) is 31.7 Å². The Morgan fingerprint density at radius 2 is 1.87 bits per heavy atom. The lowest BCUT2D eigenvalue weighted by Gasteiger charge is -2.35. The number of nitrogens with one attached hydrogen (secondary N) is 1. The molecule has 1 aliphatic heterocycles. The van der Waals surface area contributed by atoms with Crippen LogP contribution in [-0.4, -0.2) is 35.5 Å². The maximum absolute atomic E-state index is 11.4. The normalized spacial score (nSPS) is 23.5. The van der Waals surface area contributed by atoms with Gasteiger partial charge in [-0.25, -0.2) is 0 Å². The number of likely N-dealkylation sites (tertiary alicyclic amines) is 1. The molecular formula is C19H30N2O2. The maximum atomic E-state index is 11.4. The third-order valence-corrected chi connectivity index (χ3v) is 4.56. The number of carbonyl (C=O) groups is 1. The Labute approximate surface area is 139 Å². The minimum Gasteiger partial charge on any atom is -0.388 e. The fraction of sp³-hybridized carbons (Fsp3) is 0.632. The lowest BCUT2D eigenvalue weighted by Crippen LogP contribution is -2.39. The van der Waals surface area contributed by atoms with E-state index in [9.17, 15) is 9.90 Å². The number of carbonyl (C=O) groups excluding carboxylic acids is 1. The molecule has 0 saturated carbocycles. The van der Waals surface area contributed by atoms with Gasteiger partial charge in [-0.1, -0.05) is 32.9 Å². The number of hydrogen-bond donors (Lipinski definition) is 2. The van der Waals surface area contributed by atoms with Crippen LogP contribution in [0.3, 0.4) is 0 Å². The molecule has 1 fully saturated rings. The Balaban J connectivity index is 1.83. The topological polar surface area (TPSA) is 52.6 Å². The van der Waals surface area contributed by atoms with Crippen molar-refractivity contribution in [2.75, 3.05) is 25.0 Å². The summed E-state index contributed by atoms with van der Waals surface area (Å²) >= 11 is 0. The second-order valence-electron chi connectivity index (χ2n) is 7.03. The van der Waals surface area contributed by atoms with Crippen molar-refractivity contribution in [3.63, 3.8) is 0 Å². The molecule has 1 aliphatic rings. The number of nitrogens with zero attached hydrogens (tertiary/aromatic N) is 1. The van der Waals surface area contributed by atoms with Gasteiger partial charge in [-0.3, -0.25) is 4.79 Å². The van der Waals surface area contributed by atoms with Gasteiger partial charge in [-0.2, -0.15) is 0 Å². The summed E-state index contributed by atoms with van der Waals surface area (Å²) in [6.45, 7) is 9.66. The van der Waals surface area contributed by atoms with Gasteiger partial charge >= 0.3 is 0 Å². The highest BCUT2D eigenvalue weighted by molar-refractivity contribution is 5.90. The minimum atomic E-state index is -0.446. The summed E-state index contributed by atoms with van der Waals surface area (Å²) in [5.74, 6) is 1.50. The van der Waals surface area contributed by atoms with Crippen LogP contribution < -0.4 is 5.32 Å². The Hall–Kier alpha value is -1.39. The van der Waals surface area contributed by atoms with Gasteiger partial charge in [-0.15, -0.1) is 0 Å². The van der Waals surface area contributed by atoms with Crippen LogP contribution in [0.15, 0.2) is 24.3 Å². The molecule has 0 aliphatic carbocycles. The van der Waals surface area contributed by atoms with Crippen LogP contribution in [0.1, 0.15) is 51.7 Å².